The molecule has 0 spiro atoms. The lowest BCUT2D eigenvalue weighted by Crippen LogP contribution is -2.13. The predicted molar refractivity (Wildman–Crippen MR) is 79.2 cm³/mol. The van der Waals surface area contributed by atoms with E-state index in [1.54, 1.807) is 0 Å². The van der Waals surface area contributed by atoms with Crippen molar-refractivity contribution in [2.24, 2.45) is 5.50 Å². The number of anilines is 2. The minimum Gasteiger partial charge on any atom is -0.309 e. The van der Waals surface area contributed by atoms with Crippen LogP contribution in [0, 0.1) is 0 Å². The zero-order chi connectivity index (χ0) is 12.1. The summed E-state index contributed by atoms with van der Waals surface area (Å²) in [5.41, 5.74) is 7.16. The van der Waals surface area contributed by atoms with E-state index in [1.807, 2.05) is 60.7 Å². The van der Waals surface area contributed by atoms with Crippen LogP contribution in [-0.4, -0.2) is 0 Å². The summed E-state index contributed by atoms with van der Waals surface area (Å²) in [4.78, 5) is 0. The lowest BCUT2D eigenvalue weighted by atomic mass is 10.3. The van der Waals surface area contributed by atoms with Gasteiger partial charge in [-0.05, 0) is 24.3 Å². The maximum Gasteiger partial charge on any atom is 0.325 e. The number of rotatable bonds is 4. The van der Waals surface area contributed by atoms with E-state index in [0.717, 1.165) is 11.4 Å². The number of hydrogen-bond acceptors (Lipinski definition) is 1. The Morgan fingerprint density at radius 3 is 1.44 bits per heavy atom. The molecule has 0 heterocycles. The molecule has 0 aliphatic rings. The summed E-state index contributed by atoms with van der Waals surface area (Å²) >= 11 is 0. The molecule has 2 aromatic carbocycles. The third-order valence-electron chi connectivity index (χ3n) is 2.14. The summed E-state index contributed by atoms with van der Waals surface area (Å²) in [5, 5.41) is 5.58. The molecule has 0 aliphatic carbocycles. The molecule has 0 fully saturated rings. The molecule has 0 aromatic heterocycles. The molecule has 0 saturated heterocycles. The molecule has 0 radical (unpaired) electrons. The van der Waals surface area contributed by atoms with E-state index in [0.29, 0.717) is 0 Å². The van der Waals surface area contributed by atoms with Crippen LogP contribution < -0.4 is 15.7 Å². The van der Waals surface area contributed by atoms with Gasteiger partial charge in [-0.2, -0.15) is 0 Å². The zero-order valence-electron chi connectivity index (χ0n) is 9.61. The van der Waals surface area contributed by atoms with Crippen molar-refractivity contribution in [3.05, 3.63) is 60.7 Å². The van der Waals surface area contributed by atoms with Crippen LogP contribution in [0.3, 0.4) is 0 Å². The van der Waals surface area contributed by atoms with Crippen LogP contribution in [0.15, 0.2) is 60.7 Å². The Kier molecular flexibility index (Phi) is 5.23. The van der Waals surface area contributed by atoms with Crippen LogP contribution in [0.1, 0.15) is 0 Å². The minimum atomic E-state index is -3.14. The second kappa shape index (κ2) is 6.45. The Balaban J connectivity index is 0.00000162. The second-order valence-electron chi connectivity index (χ2n) is 3.61. The van der Waals surface area contributed by atoms with Crippen molar-refractivity contribution < 1.29 is 4.57 Å². The van der Waals surface area contributed by atoms with Gasteiger partial charge in [-0.25, -0.2) is 5.50 Å². The molecule has 4 nitrogen and oxygen atoms in total. The number of hydrogen-bond donors (Lipinski definition) is 3. The highest BCUT2D eigenvalue weighted by molar-refractivity contribution is 7.64. The fraction of sp³-hybridized carbons (Fsp3) is 0. The Labute approximate surface area is 113 Å². The van der Waals surface area contributed by atoms with Crippen LogP contribution in [0.25, 0.3) is 0 Å². The van der Waals surface area contributed by atoms with Crippen LogP contribution in [-0.2, 0) is 4.57 Å². The van der Waals surface area contributed by atoms with E-state index in [4.69, 9.17) is 5.50 Å². The third-order valence-corrected chi connectivity index (χ3v) is 3.32. The summed E-state index contributed by atoms with van der Waals surface area (Å²) in [7, 11) is -3.14. The quantitative estimate of drug-likeness (QED) is 0.749. The predicted octanol–water partition coefficient (Wildman–Crippen LogP) is 3.70. The summed E-state index contributed by atoms with van der Waals surface area (Å²) in [5.74, 6) is 0. The van der Waals surface area contributed by atoms with Gasteiger partial charge in [0.05, 0.1) is 0 Å². The number of para-hydroxylation sites is 2. The molecule has 0 atom stereocenters. The van der Waals surface area contributed by atoms with Crippen LogP contribution >= 0.6 is 20.0 Å². The summed E-state index contributed by atoms with van der Waals surface area (Å²) in [6.45, 7) is 0. The molecular weight excluding hydrogens is 269 g/mol. The highest BCUT2D eigenvalue weighted by atomic mass is 35.5. The van der Waals surface area contributed by atoms with E-state index in [2.05, 4.69) is 10.2 Å². The van der Waals surface area contributed by atoms with Gasteiger partial charge in [0.15, 0.2) is 0 Å². The van der Waals surface area contributed by atoms with E-state index >= 15 is 0 Å². The average molecular weight is 284 g/mol. The molecule has 2 rings (SSSR count). The maximum atomic E-state index is 12.1. The van der Waals surface area contributed by atoms with Gasteiger partial charge >= 0.3 is 7.59 Å². The minimum absolute atomic E-state index is 0. The molecule has 0 unspecified atom stereocenters. The largest absolute Gasteiger partial charge is 0.325 e. The molecule has 0 saturated carbocycles. The average Bonchev–Trinajstić information content (AvgIpc) is 2.30. The first-order valence-corrected chi connectivity index (χ1v) is 6.99. The van der Waals surface area contributed by atoms with Crippen LogP contribution in [0.4, 0.5) is 11.4 Å². The van der Waals surface area contributed by atoms with Crippen molar-refractivity contribution in [1.82, 2.24) is 0 Å². The van der Waals surface area contributed by atoms with Crippen molar-refractivity contribution in [3.63, 3.8) is 0 Å². The molecule has 0 bridgehead atoms. The topological polar surface area (TPSA) is 67.2 Å². The first kappa shape index (κ1) is 14.6. The molecule has 18 heavy (non-hydrogen) atoms. The number of benzene rings is 2. The summed E-state index contributed by atoms with van der Waals surface area (Å²) < 4.78 is 12.1. The van der Waals surface area contributed by atoms with Gasteiger partial charge in [0.25, 0.3) is 0 Å². The number of nitrogens with two attached hydrogens (primary N) is 1. The SMILES string of the molecule is Cl.NP(=O)(Nc1ccccc1)Nc1ccccc1. The van der Waals surface area contributed by atoms with E-state index < -0.39 is 7.59 Å². The second-order valence-corrected chi connectivity index (χ2v) is 5.38. The smallest absolute Gasteiger partial charge is 0.309 e. The van der Waals surface area contributed by atoms with E-state index in [1.165, 1.54) is 0 Å². The van der Waals surface area contributed by atoms with Crippen molar-refractivity contribution in [2.45, 2.75) is 0 Å². The molecular formula is C12H15ClN3OP. The standard InChI is InChI=1S/C12H14N3OP.ClH/c13-17(16,14-11-7-3-1-4-8-11)15-12-9-5-2-6-10-12;/h1-10H,(H4,13,14,15,16);1H. The zero-order valence-corrected chi connectivity index (χ0v) is 11.3. The van der Waals surface area contributed by atoms with Gasteiger partial charge in [-0.3, -0.25) is 4.57 Å². The molecule has 96 valence electrons. The summed E-state index contributed by atoms with van der Waals surface area (Å²) in [6.07, 6.45) is 0. The Bertz CT molecular complexity index is 476. The monoisotopic (exact) mass is 283 g/mol. The Hall–Kier alpha value is -1.48. The normalized spacial score (nSPS) is 10.3. The first-order chi connectivity index (χ1) is 8.16. The fourth-order valence-electron chi connectivity index (χ4n) is 1.44. The summed E-state index contributed by atoms with van der Waals surface area (Å²) in [6, 6.07) is 18.4. The first-order valence-electron chi connectivity index (χ1n) is 5.21. The molecule has 2 aromatic rings. The van der Waals surface area contributed by atoms with Crippen LogP contribution in [0.2, 0.25) is 0 Å². The van der Waals surface area contributed by atoms with E-state index in [9.17, 15) is 4.57 Å². The molecule has 4 N–H and O–H groups in total. The van der Waals surface area contributed by atoms with Crippen molar-refractivity contribution >= 4 is 31.4 Å². The lowest BCUT2D eigenvalue weighted by molar-refractivity contribution is 0.582. The number of halogens is 1. The van der Waals surface area contributed by atoms with Gasteiger partial charge < -0.3 is 10.2 Å². The lowest BCUT2D eigenvalue weighted by Gasteiger charge is -2.17. The van der Waals surface area contributed by atoms with Gasteiger partial charge in [-0.15, -0.1) is 12.4 Å². The third kappa shape index (κ3) is 4.41. The molecule has 6 heteroatoms. The van der Waals surface area contributed by atoms with Crippen molar-refractivity contribution in [1.29, 1.82) is 0 Å². The molecule has 0 aliphatic heterocycles. The highest BCUT2D eigenvalue weighted by Gasteiger charge is 2.14. The fourth-order valence-corrected chi connectivity index (χ4v) is 2.56. The maximum absolute atomic E-state index is 12.1. The van der Waals surface area contributed by atoms with Gasteiger partial charge in [0, 0.05) is 11.4 Å². The van der Waals surface area contributed by atoms with Gasteiger partial charge in [-0.1, -0.05) is 36.4 Å². The van der Waals surface area contributed by atoms with Crippen molar-refractivity contribution in [3.8, 4) is 0 Å². The van der Waals surface area contributed by atoms with Crippen molar-refractivity contribution in [2.75, 3.05) is 10.2 Å². The Morgan fingerprint density at radius 1 is 0.778 bits per heavy atom. The highest BCUT2D eigenvalue weighted by Crippen LogP contribution is 2.36. The van der Waals surface area contributed by atoms with Gasteiger partial charge in [0.2, 0.25) is 0 Å². The number of nitrogens with one attached hydrogen (secondary N) is 2. The van der Waals surface area contributed by atoms with E-state index in [-0.39, 0.29) is 12.4 Å². The van der Waals surface area contributed by atoms with Crippen LogP contribution in [0.5, 0.6) is 0 Å². The van der Waals surface area contributed by atoms with Gasteiger partial charge in [0.1, 0.15) is 0 Å². The Morgan fingerprint density at radius 2 is 1.11 bits per heavy atom. The molecule has 0 amide bonds.